The minimum Gasteiger partial charge on any atom is -0.479 e. The van der Waals surface area contributed by atoms with E-state index in [-0.39, 0.29) is 5.90 Å². The maximum absolute atomic E-state index is 10.8. The fourth-order valence-electron chi connectivity index (χ4n) is 1.07. The molecule has 0 spiro atoms. The zero-order valence-electron chi connectivity index (χ0n) is 9.91. The SMILES string of the molecule is CO/C(=N\N=C\S(C)(=O)=O)c1ccc(C)cc1. The molecule has 0 saturated heterocycles. The van der Waals surface area contributed by atoms with Crippen molar-refractivity contribution in [1.29, 1.82) is 0 Å². The lowest BCUT2D eigenvalue weighted by molar-refractivity contribution is 0.403. The number of sulfone groups is 1. The van der Waals surface area contributed by atoms with Crippen LogP contribution >= 0.6 is 0 Å². The summed E-state index contributed by atoms with van der Waals surface area (Å²) in [7, 11) is -1.82. The number of aryl methyl sites for hydroxylation is 1. The lowest BCUT2D eigenvalue weighted by atomic mass is 10.1. The Morgan fingerprint density at radius 1 is 1.29 bits per heavy atom. The molecule has 1 rings (SSSR count). The van der Waals surface area contributed by atoms with E-state index in [1.165, 1.54) is 7.11 Å². The molecule has 0 aliphatic rings. The Morgan fingerprint density at radius 3 is 2.35 bits per heavy atom. The molecule has 0 aliphatic carbocycles. The highest BCUT2D eigenvalue weighted by Gasteiger charge is 2.02. The number of benzene rings is 1. The van der Waals surface area contributed by atoms with Crippen molar-refractivity contribution in [3.05, 3.63) is 35.4 Å². The largest absolute Gasteiger partial charge is 0.479 e. The third-order valence-corrected chi connectivity index (χ3v) is 2.36. The summed E-state index contributed by atoms with van der Waals surface area (Å²) in [5.74, 6) is 0.268. The molecule has 0 N–H and O–H groups in total. The molecule has 17 heavy (non-hydrogen) atoms. The molecule has 1 aromatic carbocycles. The molecule has 6 heteroatoms. The van der Waals surface area contributed by atoms with Gasteiger partial charge in [-0.2, -0.15) is 0 Å². The van der Waals surface area contributed by atoms with Gasteiger partial charge in [-0.15, -0.1) is 10.2 Å². The maximum Gasteiger partial charge on any atom is 0.240 e. The van der Waals surface area contributed by atoms with Crippen molar-refractivity contribution in [3.8, 4) is 0 Å². The second kappa shape index (κ2) is 5.58. The zero-order chi connectivity index (χ0) is 12.9. The average Bonchev–Trinajstić information content (AvgIpc) is 2.24. The van der Waals surface area contributed by atoms with Crippen molar-refractivity contribution in [2.24, 2.45) is 10.2 Å². The Kier molecular flexibility index (Phi) is 4.39. The second-order valence-electron chi connectivity index (χ2n) is 3.53. The molecule has 0 heterocycles. The van der Waals surface area contributed by atoms with Crippen LogP contribution in [0, 0.1) is 6.92 Å². The van der Waals surface area contributed by atoms with Crippen LogP contribution in [0.2, 0.25) is 0 Å². The summed E-state index contributed by atoms with van der Waals surface area (Å²) in [5.41, 5.74) is 2.63. The van der Waals surface area contributed by atoms with Gasteiger partial charge >= 0.3 is 0 Å². The quantitative estimate of drug-likeness (QED) is 0.465. The normalized spacial score (nSPS) is 13.0. The highest BCUT2D eigenvalue weighted by Crippen LogP contribution is 2.05. The van der Waals surface area contributed by atoms with Crippen LogP contribution < -0.4 is 0 Å². The first-order valence-electron chi connectivity index (χ1n) is 4.84. The molecule has 0 radical (unpaired) electrons. The average molecular weight is 254 g/mol. The van der Waals surface area contributed by atoms with Crippen molar-refractivity contribution >= 4 is 21.3 Å². The van der Waals surface area contributed by atoms with Crippen LogP contribution in [0.1, 0.15) is 11.1 Å². The van der Waals surface area contributed by atoms with E-state index in [1.807, 2.05) is 31.2 Å². The number of hydrogen-bond donors (Lipinski definition) is 0. The number of methoxy groups -OCH3 is 1. The van der Waals surface area contributed by atoms with Crippen molar-refractivity contribution < 1.29 is 13.2 Å². The van der Waals surface area contributed by atoms with Gasteiger partial charge < -0.3 is 4.74 Å². The molecule has 0 unspecified atom stereocenters. The van der Waals surface area contributed by atoms with Gasteiger partial charge in [-0.1, -0.05) is 17.7 Å². The molecular weight excluding hydrogens is 240 g/mol. The van der Waals surface area contributed by atoms with Crippen molar-refractivity contribution in [2.45, 2.75) is 6.92 Å². The Labute approximate surface area is 101 Å². The molecule has 0 aromatic heterocycles. The van der Waals surface area contributed by atoms with E-state index in [2.05, 4.69) is 10.2 Å². The predicted molar refractivity (Wildman–Crippen MR) is 68.1 cm³/mol. The minimum absolute atomic E-state index is 0.268. The summed E-state index contributed by atoms with van der Waals surface area (Å²) < 4.78 is 26.7. The Balaban J connectivity index is 2.96. The first kappa shape index (κ1) is 13.4. The number of rotatable bonds is 3. The predicted octanol–water partition coefficient (Wildman–Crippen LogP) is 1.38. The van der Waals surface area contributed by atoms with Gasteiger partial charge in [-0.3, -0.25) is 0 Å². The summed E-state index contributed by atoms with van der Waals surface area (Å²) in [5, 5.41) is 7.17. The summed E-state index contributed by atoms with van der Waals surface area (Å²) in [4.78, 5) is 0. The van der Waals surface area contributed by atoms with E-state index in [0.717, 1.165) is 22.9 Å². The standard InChI is InChI=1S/C11H14N2O3S/c1-9-4-6-10(7-5-9)11(16-2)13-12-8-17(3,14)15/h4-8H,1-3H3/b12-8+,13-11-. The van der Waals surface area contributed by atoms with Crippen LogP contribution in [-0.4, -0.2) is 33.2 Å². The van der Waals surface area contributed by atoms with Gasteiger partial charge in [-0.05, 0) is 19.1 Å². The third-order valence-electron chi connectivity index (χ3n) is 1.88. The zero-order valence-corrected chi connectivity index (χ0v) is 10.7. The van der Waals surface area contributed by atoms with Gasteiger partial charge in [0, 0.05) is 11.8 Å². The van der Waals surface area contributed by atoms with Crippen LogP contribution in [0.15, 0.2) is 34.5 Å². The lowest BCUT2D eigenvalue weighted by Crippen LogP contribution is -2.03. The summed E-state index contributed by atoms with van der Waals surface area (Å²) in [6.07, 6.45) is 1.05. The third kappa shape index (κ3) is 4.78. The van der Waals surface area contributed by atoms with Gasteiger partial charge in [0.1, 0.15) is 5.55 Å². The molecule has 92 valence electrons. The van der Waals surface area contributed by atoms with Gasteiger partial charge in [0.05, 0.1) is 7.11 Å². The fourth-order valence-corrected chi connectivity index (χ4v) is 1.29. The molecule has 0 aliphatic heterocycles. The molecule has 0 saturated carbocycles. The molecule has 0 amide bonds. The van der Waals surface area contributed by atoms with Gasteiger partial charge in [0.25, 0.3) is 0 Å². The fraction of sp³-hybridized carbons (Fsp3) is 0.273. The van der Waals surface area contributed by atoms with Gasteiger partial charge in [0.2, 0.25) is 5.90 Å². The summed E-state index contributed by atoms with van der Waals surface area (Å²) in [6, 6.07) is 7.47. The van der Waals surface area contributed by atoms with Gasteiger partial charge in [0.15, 0.2) is 9.84 Å². The molecule has 0 atom stereocenters. The van der Waals surface area contributed by atoms with Crippen LogP contribution in [0.25, 0.3) is 0 Å². The molecular formula is C11H14N2O3S. The number of ether oxygens (including phenoxy) is 1. The molecule has 0 fully saturated rings. The van der Waals surface area contributed by atoms with Crippen LogP contribution in [-0.2, 0) is 14.6 Å². The van der Waals surface area contributed by atoms with E-state index in [0.29, 0.717) is 0 Å². The van der Waals surface area contributed by atoms with E-state index < -0.39 is 9.84 Å². The first-order chi connectivity index (χ1) is 7.92. The lowest BCUT2D eigenvalue weighted by Gasteiger charge is -2.02. The first-order valence-corrected chi connectivity index (χ1v) is 6.80. The van der Waals surface area contributed by atoms with E-state index >= 15 is 0 Å². The van der Waals surface area contributed by atoms with Crippen LogP contribution in [0.4, 0.5) is 0 Å². The van der Waals surface area contributed by atoms with E-state index in [1.54, 1.807) is 0 Å². The molecule has 5 nitrogen and oxygen atoms in total. The molecule has 0 bridgehead atoms. The highest BCUT2D eigenvalue weighted by atomic mass is 32.2. The second-order valence-corrected chi connectivity index (χ2v) is 5.40. The molecule has 1 aromatic rings. The van der Waals surface area contributed by atoms with E-state index in [4.69, 9.17) is 4.74 Å². The topological polar surface area (TPSA) is 68.1 Å². The van der Waals surface area contributed by atoms with Crippen molar-refractivity contribution in [2.75, 3.05) is 13.4 Å². The smallest absolute Gasteiger partial charge is 0.240 e. The summed E-state index contributed by atoms with van der Waals surface area (Å²) >= 11 is 0. The maximum atomic E-state index is 10.8. The Hall–Kier alpha value is -1.69. The van der Waals surface area contributed by atoms with E-state index in [9.17, 15) is 8.42 Å². The number of hydrogen-bond acceptors (Lipinski definition) is 5. The Morgan fingerprint density at radius 2 is 1.88 bits per heavy atom. The minimum atomic E-state index is -3.27. The summed E-state index contributed by atoms with van der Waals surface area (Å²) in [6.45, 7) is 1.97. The van der Waals surface area contributed by atoms with Gasteiger partial charge in [-0.25, -0.2) is 8.42 Å². The monoisotopic (exact) mass is 254 g/mol. The van der Waals surface area contributed by atoms with Crippen molar-refractivity contribution in [1.82, 2.24) is 0 Å². The van der Waals surface area contributed by atoms with Crippen LogP contribution in [0.3, 0.4) is 0 Å². The highest BCUT2D eigenvalue weighted by molar-refractivity contribution is 8.03. The number of nitrogens with zero attached hydrogens (tertiary/aromatic N) is 2. The Bertz CT molecular complexity index is 530. The van der Waals surface area contributed by atoms with Crippen molar-refractivity contribution in [3.63, 3.8) is 0 Å². The van der Waals surface area contributed by atoms with Crippen LogP contribution in [0.5, 0.6) is 0 Å².